The highest BCUT2D eigenvalue weighted by Gasteiger charge is 2.24. The minimum Gasteiger partial charge on any atom is -0.380 e. The minimum atomic E-state index is -0.475. The Hall–Kier alpha value is -1.49. The molecule has 0 saturated carbocycles. The Morgan fingerprint density at radius 2 is 1.85 bits per heavy atom. The third-order valence-electron chi connectivity index (χ3n) is 2.75. The fourth-order valence-corrected chi connectivity index (χ4v) is 1.43. The molecule has 0 aromatic carbocycles. The first-order valence-corrected chi connectivity index (χ1v) is 6.72. The molecule has 0 saturated heterocycles. The molecule has 1 N–H and O–H groups in total. The SMILES string of the molecule is COCc1cnc(C(C)(C)C)nc1NC(=O)C(C)(C)C. The average molecular weight is 279 g/mol. The van der Waals surface area contributed by atoms with Gasteiger partial charge in [0.05, 0.1) is 6.61 Å². The number of anilines is 1. The Balaban J connectivity index is 3.16. The van der Waals surface area contributed by atoms with Crippen LogP contribution >= 0.6 is 0 Å². The van der Waals surface area contributed by atoms with Gasteiger partial charge < -0.3 is 10.1 Å². The molecule has 0 unspecified atom stereocenters. The second-order valence-corrected chi connectivity index (χ2v) is 6.95. The summed E-state index contributed by atoms with van der Waals surface area (Å²) in [6, 6.07) is 0. The predicted molar refractivity (Wildman–Crippen MR) is 79.5 cm³/mol. The fraction of sp³-hybridized carbons (Fsp3) is 0.667. The van der Waals surface area contributed by atoms with Crippen molar-refractivity contribution in [2.45, 2.75) is 53.6 Å². The molecule has 0 bridgehead atoms. The van der Waals surface area contributed by atoms with E-state index in [0.29, 0.717) is 18.2 Å². The maximum absolute atomic E-state index is 12.1. The molecular weight excluding hydrogens is 254 g/mol. The van der Waals surface area contributed by atoms with E-state index in [2.05, 4.69) is 15.3 Å². The number of hydrogen-bond donors (Lipinski definition) is 1. The van der Waals surface area contributed by atoms with Crippen molar-refractivity contribution in [2.75, 3.05) is 12.4 Å². The van der Waals surface area contributed by atoms with Gasteiger partial charge in [-0.25, -0.2) is 9.97 Å². The molecule has 1 amide bonds. The lowest BCUT2D eigenvalue weighted by atomic mass is 9.95. The van der Waals surface area contributed by atoms with E-state index in [9.17, 15) is 4.79 Å². The Labute approximate surface area is 121 Å². The van der Waals surface area contributed by atoms with Gasteiger partial charge in [0.25, 0.3) is 0 Å². The van der Waals surface area contributed by atoms with Gasteiger partial charge in [-0.2, -0.15) is 0 Å². The van der Waals surface area contributed by atoms with Crippen LogP contribution in [0.1, 0.15) is 52.9 Å². The summed E-state index contributed by atoms with van der Waals surface area (Å²) in [5.41, 5.74) is 0.127. The topological polar surface area (TPSA) is 64.1 Å². The standard InChI is InChI=1S/C15H25N3O2/c1-14(2,3)12-16-8-10(9-20-7)11(17-12)18-13(19)15(4,5)6/h8H,9H2,1-7H3,(H,16,17,18,19). The number of aromatic nitrogens is 2. The molecule has 0 spiro atoms. The molecule has 0 aliphatic carbocycles. The van der Waals surface area contributed by atoms with E-state index in [4.69, 9.17) is 4.74 Å². The van der Waals surface area contributed by atoms with Crippen molar-refractivity contribution in [1.82, 2.24) is 9.97 Å². The first-order valence-electron chi connectivity index (χ1n) is 6.72. The third kappa shape index (κ3) is 4.27. The number of rotatable bonds is 3. The van der Waals surface area contributed by atoms with Crippen LogP contribution in [0.2, 0.25) is 0 Å². The van der Waals surface area contributed by atoms with Crippen LogP contribution < -0.4 is 5.32 Å². The van der Waals surface area contributed by atoms with Gasteiger partial charge in [-0.15, -0.1) is 0 Å². The second-order valence-electron chi connectivity index (χ2n) is 6.95. The van der Waals surface area contributed by atoms with Gasteiger partial charge in [-0.05, 0) is 0 Å². The van der Waals surface area contributed by atoms with Gasteiger partial charge in [0.2, 0.25) is 5.91 Å². The molecule has 0 aliphatic heterocycles. The van der Waals surface area contributed by atoms with E-state index in [-0.39, 0.29) is 11.3 Å². The molecule has 0 fully saturated rings. The number of nitrogens with zero attached hydrogens (tertiary/aromatic N) is 2. The molecule has 20 heavy (non-hydrogen) atoms. The quantitative estimate of drug-likeness (QED) is 0.924. The van der Waals surface area contributed by atoms with E-state index in [1.54, 1.807) is 13.3 Å². The van der Waals surface area contributed by atoms with E-state index in [0.717, 1.165) is 5.56 Å². The van der Waals surface area contributed by atoms with Crippen LogP contribution in [0.4, 0.5) is 5.82 Å². The highest BCUT2D eigenvalue weighted by molar-refractivity contribution is 5.94. The maximum atomic E-state index is 12.1. The molecule has 1 aromatic heterocycles. The zero-order chi connectivity index (χ0) is 15.6. The smallest absolute Gasteiger partial charge is 0.230 e. The molecular formula is C15H25N3O2. The predicted octanol–water partition coefficient (Wildman–Crippen LogP) is 2.91. The fourth-order valence-electron chi connectivity index (χ4n) is 1.43. The number of hydrogen-bond acceptors (Lipinski definition) is 4. The van der Waals surface area contributed by atoms with Crippen LogP contribution in [0, 0.1) is 5.41 Å². The van der Waals surface area contributed by atoms with Crippen molar-refractivity contribution in [3.05, 3.63) is 17.6 Å². The first-order chi connectivity index (χ1) is 9.05. The number of carbonyl (C=O) groups excluding carboxylic acids is 1. The maximum Gasteiger partial charge on any atom is 0.230 e. The molecule has 0 radical (unpaired) electrons. The summed E-state index contributed by atoms with van der Waals surface area (Å²) in [7, 11) is 1.60. The van der Waals surface area contributed by atoms with Crippen molar-refractivity contribution in [3.8, 4) is 0 Å². The molecule has 1 aromatic rings. The van der Waals surface area contributed by atoms with Gasteiger partial charge >= 0.3 is 0 Å². The first kappa shape index (κ1) is 16.6. The van der Waals surface area contributed by atoms with Crippen LogP contribution in [0.25, 0.3) is 0 Å². The summed E-state index contributed by atoms with van der Waals surface area (Å²) in [6.07, 6.45) is 1.72. The normalized spacial score (nSPS) is 12.3. The summed E-state index contributed by atoms with van der Waals surface area (Å²) < 4.78 is 5.13. The van der Waals surface area contributed by atoms with Gasteiger partial charge in [-0.3, -0.25) is 4.79 Å². The molecule has 5 nitrogen and oxygen atoms in total. The van der Waals surface area contributed by atoms with E-state index >= 15 is 0 Å². The molecule has 5 heteroatoms. The monoisotopic (exact) mass is 279 g/mol. The lowest BCUT2D eigenvalue weighted by Crippen LogP contribution is -2.29. The summed E-state index contributed by atoms with van der Waals surface area (Å²) in [4.78, 5) is 21.0. The van der Waals surface area contributed by atoms with Crippen LogP contribution in [0.3, 0.4) is 0 Å². The molecule has 1 rings (SSSR count). The summed E-state index contributed by atoms with van der Waals surface area (Å²) in [6.45, 7) is 12.1. The summed E-state index contributed by atoms with van der Waals surface area (Å²) in [5, 5.41) is 2.88. The highest BCUT2D eigenvalue weighted by atomic mass is 16.5. The minimum absolute atomic E-state index is 0.0755. The number of carbonyl (C=O) groups is 1. The van der Waals surface area contributed by atoms with Gasteiger partial charge in [0, 0.05) is 29.7 Å². The highest BCUT2D eigenvalue weighted by Crippen LogP contribution is 2.23. The van der Waals surface area contributed by atoms with Gasteiger partial charge in [0.15, 0.2) is 0 Å². The second kappa shape index (κ2) is 5.87. The number of amides is 1. The lowest BCUT2D eigenvalue weighted by Gasteiger charge is -2.21. The third-order valence-corrected chi connectivity index (χ3v) is 2.75. The zero-order valence-electron chi connectivity index (χ0n) is 13.5. The van der Waals surface area contributed by atoms with E-state index in [1.807, 2.05) is 41.5 Å². The van der Waals surface area contributed by atoms with Gasteiger partial charge in [-0.1, -0.05) is 41.5 Å². The van der Waals surface area contributed by atoms with Crippen LogP contribution in [-0.4, -0.2) is 23.0 Å². The number of methoxy groups -OCH3 is 1. The molecule has 0 aliphatic rings. The van der Waals surface area contributed by atoms with Crippen molar-refractivity contribution in [3.63, 3.8) is 0 Å². The van der Waals surface area contributed by atoms with Gasteiger partial charge in [0.1, 0.15) is 11.6 Å². The van der Waals surface area contributed by atoms with Crippen LogP contribution in [-0.2, 0) is 21.6 Å². The van der Waals surface area contributed by atoms with Crippen LogP contribution in [0.5, 0.6) is 0 Å². The van der Waals surface area contributed by atoms with Crippen molar-refractivity contribution >= 4 is 11.7 Å². The molecule has 1 heterocycles. The Kier molecular flexibility index (Phi) is 4.86. The van der Waals surface area contributed by atoms with Crippen molar-refractivity contribution in [2.24, 2.45) is 5.41 Å². The van der Waals surface area contributed by atoms with Crippen molar-refractivity contribution < 1.29 is 9.53 Å². The average Bonchev–Trinajstić information content (AvgIpc) is 2.28. The molecule has 112 valence electrons. The summed E-state index contributed by atoms with van der Waals surface area (Å²) >= 11 is 0. The van der Waals surface area contributed by atoms with Crippen LogP contribution in [0.15, 0.2) is 6.20 Å². The zero-order valence-corrected chi connectivity index (χ0v) is 13.5. The van der Waals surface area contributed by atoms with E-state index < -0.39 is 5.41 Å². The Morgan fingerprint density at radius 1 is 1.25 bits per heavy atom. The Bertz CT molecular complexity index is 485. The summed E-state index contributed by atoms with van der Waals surface area (Å²) in [5.74, 6) is 1.15. The molecule has 0 atom stereocenters. The largest absolute Gasteiger partial charge is 0.380 e. The number of nitrogens with one attached hydrogen (secondary N) is 1. The van der Waals surface area contributed by atoms with E-state index in [1.165, 1.54) is 0 Å². The van der Waals surface area contributed by atoms with Crippen molar-refractivity contribution in [1.29, 1.82) is 0 Å². The number of ether oxygens (including phenoxy) is 1. The lowest BCUT2D eigenvalue weighted by molar-refractivity contribution is -0.123. The Morgan fingerprint density at radius 3 is 2.30 bits per heavy atom.